The maximum atomic E-state index is 13.2. The SMILES string of the molecule is COc1cc2cc(C(=O)N3CCC4(CC3)CC(=O)c3c(cnn3C(C)C)C4)cnc2cc1Br. The molecule has 0 unspecified atom stereocenters. The van der Waals surface area contributed by atoms with Gasteiger partial charge in [0.05, 0.1) is 28.9 Å². The van der Waals surface area contributed by atoms with Crippen molar-refractivity contribution in [3.63, 3.8) is 0 Å². The van der Waals surface area contributed by atoms with Crippen molar-refractivity contribution in [3.8, 4) is 5.75 Å². The van der Waals surface area contributed by atoms with Gasteiger partial charge in [0.15, 0.2) is 5.78 Å². The molecule has 0 atom stereocenters. The number of likely N-dealkylation sites (tertiary alicyclic amines) is 1. The van der Waals surface area contributed by atoms with E-state index >= 15 is 0 Å². The van der Waals surface area contributed by atoms with Gasteiger partial charge in [-0.2, -0.15) is 5.10 Å². The van der Waals surface area contributed by atoms with E-state index < -0.39 is 0 Å². The number of benzene rings is 1. The number of nitrogens with zero attached hydrogens (tertiary/aromatic N) is 4. The molecule has 0 N–H and O–H groups in total. The molecule has 172 valence electrons. The van der Waals surface area contributed by atoms with Gasteiger partial charge in [0.2, 0.25) is 0 Å². The van der Waals surface area contributed by atoms with Crippen LogP contribution < -0.4 is 4.74 Å². The highest BCUT2D eigenvalue weighted by atomic mass is 79.9. The Kier molecular flexibility index (Phi) is 5.51. The predicted molar refractivity (Wildman–Crippen MR) is 129 cm³/mol. The number of rotatable bonds is 3. The first-order valence-electron chi connectivity index (χ1n) is 11.3. The Bertz CT molecular complexity index is 1260. The minimum absolute atomic E-state index is 0.0170. The molecule has 1 aliphatic carbocycles. The van der Waals surface area contributed by atoms with Crippen molar-refractivity contribution < 1.29 is 14.3 Å². The molecular weight excluding hydrogens is 484 g/mol. The van der Waals surface area contributed by atoms with Gasteiger partial charge in [0, 0.05) is 42.7 Å². The fourth-order valence-corrected chi connectivity index (χ4v) is 5.73. The Labute approximate surface area is 201 Å². The average Bonchev–Trinajstić information content (AvgIpc) is 3.23. The molecule has 3 aromatic rings. The molecule has 0 radical (unpaired) electrons. The van der Waals surface area contributed by atoms with E-state index in [0.29, 0.717) is 30.8 Å². The summed E-state index contributed by atoms with van der Waals surface area (Å²) in [5, 5.41) is 5.33. The molecular formula is C25H27BrN4O3. The van der Waals surface area contributed by atoms with Crippen LogP contribution in [0.2, 0.25) is 0 Å². The molecule has 5 rings (SSSR count). The van der Waals surface area contributed by atoms with E-state index in [0.717, 1.165) is 45.9 Å². The summed E-state index contributed by atoms with van der Waals surface area (Å²) in [5.41, 5.74) is 3.13. The van der Waals surface area contributed by atoms with Crippen LogP contribution in [0.4, 0.5) is 0 Å². The van der Waals surface area contributed by atoms with Crippen molar-refractivity contribution in [2.24, 2.45) is 5.41 Å². The minimum atomic E-state index is -0.0764. The number of halogens is 1. The number of methoxy groups -OCH3 is 1. The number of pyridine rings is 1. The molecule has 3 heterocycles. The highest BCUT2D eigenvalue weighted by Crippen LogP contribution is 2.44. The van der Waals surface area contributed by atoms with Gasteiger partial charge in [-0.1, -0.05) is 0 Å². The van der Waals surface area contributed by atoms with Gasteiger partial charge in [-0.3, -0.25) is 19.3 Å². The fourth-order valence-electron chi connectivity index (χ4n) is 5.24. The summed E-state index contributed by atoms with van der Waals surface area (Å²) < 4.78 is 8.06. The van der Waals surface area contributed by atoms with E-state index in [2.05, 4.69) is 26.0 Å². The zero-order valence-electron chi connectivity index (χ0n) is 19.1. The predicted octanol–water partition coefficient (Wildman–Crippen LogP) is 4.83. The molecule has 0 saturated carbocycles. The Morgan fingerprint density at radius 1 is 1.15 bits per heavy atom. The standard InChI is InChI=1S/C25H27BrN4O3/c1-15(2)30-23-18(14-28-30)11-25(12-21(23)31)4-6-29(7-5-25)24(32)17-8-16-9-22(33-3)19(26)10-20(16)27-13-17/h8-10,13-15H,4-7,11-12H2,1-3H3. The summed E-state index contributed by atoms with van der Waals surface area (Å²) >= 11 is 3.48. The molecule has 0 bridgehead atoms. The number of hydrogen-bond acceptors (Lipinski definition) is 5. The van der Waals surface area contributed by atoms with Crippen molar-refractivity contribution in [3.05, 3.63) is 51.9 Å². The summed E-state index contributed by atoms with van der Waals surface area (Å²) in [6.07, 6.45) is 6.53. The number of Topliss-reactive ketones (excluding diaryl/α,β-unsaturated/α-hetero) is 1. The number of ketones is 1. The van der Waals surface area contributed by atoms with Gasteiger partial charge >= 0.3 is 0 Å². The van der Waals surface area contributed by atoms with Crippen LogP contribution in [0, 0.1) is 5.41 Å². The summed E-state index contributed by atoms with van der Waals surface area (Å²) in [7, 11) is 1.62. The molecule has 1 saturated heterocycles. The largest absolute Gasteiger partial charge is 0.496 e. The topological polar surface area (TPSA) is 77.3 Å². The van der Waals surface area contributed by atoms with Crippen LogP contribution in [-0.4, -0.2) is 51.6 Å². The molecule has 33 heavy (non-hydrogen) atoms. The van der Waals surface area contributed by atoms with E-state index in [9.17, 15) is 9.59 Å². The number of carbonyl (C=O) groups excluding carboxylic acids is 2. The van der Waals surface area contributed by atoms with Gasteiger partial charge in [0.1, 0.15) is 11.4 Å². The van der Waals surface area contributed by atoms with Crippen LogP contribution in [-0.2, 0) is 6.42 Å². The molecule has 8 heteroatoms. The monoisotopic (exact) mass is 510 g/mol. The summed E-state index contributed by atoms with van der Waals surface area (Å²) in [4.78, 5) is 32.6. The number of carbonyl (C=O) groups is 2. The van der Waals surface area contributed by atoms with E-state index in [1.165, 1.54) is 0 Å². The third-order valence-electron chi connectivity index (χ3n) is 7.04. The number of piperidine rings is 1. The van der Waals surface area contributed by atoms with Crippen LogP contribution in [0.3, 0.4) is 0 Å². The van der Waals surface area contributed by atoms with Gasteiger partial charge in [-0.05, 0) is 72.7 Å². The Morgan fingerprint density at radius 2 is 1.91 bits per heavy atom. The lowest BCUT2D eigenvalue weighted by molar-refractivity contribution is 0.0517. The number of ether oxygens (including phenoxy) is 1. The average molecular weight is 511 g/mol. The zero-order chi connectivity index (χ0) is 23.3. The van der Waals surface area contributed by atoms with Gasteiger partial charge in [0.25, 0.3) is 5.91 Å². The second-order valence-corrected chi connectivity index (χ2v) is 10.4. The molecule has 2 aromatic heterocycles. The third kappa shape index (κ3) is 3.84. The summed E-state index contributed by atoms with van der Waals surface area (Å²) in [6, 6.07) is 5.82. The van der Waals surface area contributed by atoms with Crippen molar-refractivity contribution >= 4 is 38.5 Å². The van der Waals surface area contributed by atoms with Gasteiger partial charge in [-0.15, -0.1) is 0 Å². The molecule has 7 nitrogen and oxygen atoms in total. The normalized spacial score (nSPS) is 17.6. The second kappa shape index (κ2) is 8.24. The lowest BCUT2D eigenvalue weighted by atomic mass is 9.67. The van der Waals surface area contributed by atoms with Gasteiger partial charge in [-0.25, -0.2) is 0 Å². The second-order valence-electron chi connectivity index (χ2n) is 9.53. The summed E-state index contributed by atoms with van der Waals surface area (Å²) in [6.45, 7) is 5.38. The third-order valence-corrected chi connectivity index (χ3v) is 7.66. The summed E-state index contributed by atoms with van der Waals surface area (Å²) in [5.74, 6) is 0.869. The smallest absolute Gasteiger partial charge is 0.255 e. The molecule has 1 aromatic carbocycles. The van der Waals surface area contributed by atoms with Gasteiger partial charge < -0.3 is 9.64 Å². The fraction of sp³-hybridized carbons (Fsp3) is 0.440. The van der Waals surface area contributed by atoms with Crippen molar-refractivity contribution in [1.82, 2.24) is 19.7 Å². The maximum absolute atomic E-state index is 13.2. The Morgan fingerprint density at radius 3 is 2.61 bits per heavy atom. The van der Waals surface area contributed by atoms with E-state index in [-0.39, 0.29) is 23.1 Å². The number of aromatic nitrogens is 3. The Balaban J connectivity index is 1.32. The van der Waals surface area contributed by atoms with E-state index in [1.807, 2.05) is 47.8 Å². The van der Waals surface area contributed by atoms with Crippen molar-refractivity contribution in [2.75, 3.05) is 20.2 Å². The van der Waals surface area contributed by atoms with E-state index in [4.69, 9.17) is 4.74 Å². The lowest BCUT2D eigenvalue weighted by Gasteiger charge is -2.43. The molecule has 1 amide bonds. The molecule has 1 spiro atoms. The van der Waals surface area contributed by atoms with Crippen LogP contribution in [0.5, 0.6) is 5.75 Å². The first-order chi connectivity index (χ1) is 15.8. The quantitative estimate of drug-likeness (QED) is 0.503. The molecule has 1 aliphatic heterocycles. The zero-order valence-corrected chi connectivity index (χ0v) is 20.7. The molecule has 2 aliphatic rings. The highest BCUT2D eigenvalue weighted by molar-refractivity contribution is 9.10. The molecule has 1 fully saturated rings. The van der Waals surface area contributed by atoms with Crippen LogP contribution in [0.1, 0.15) is 65.6 Å². The van der Waals surface area contributed by atoms with Crippen LogP contribution in [0.25, 0.3) is 10.9 Å². The first-order valence-corrected chi connectivity index (χ1v) is 12.1. The Hall–Kier alpha value is -2.74. The number of fused-ring (bicyclic) bond motifs is 2. The first kappa shape index (κ1) is 22.1. The number of amides is 1. The minimum Gasteiger partial charge on any atom is -0.496 e. The van der Waals surface area contributed by atoms with Crippen LogP contribution >= 0.6 is 15.9 Å². The maximum Gasteiger partial charge on any atom is 0.255 e. The van der Waals surface area contributed by atoms with Crippen LogP contribution in [0.15, 0.2) is 35.1 Å². The van der Waals surface area contributed by atoms with Crippen molar-refractivity contribution in [2.45, 2.75) is 45.6 Å². The van der Waals surface area contributed by atoms with E-state index in [1.54, 1.807) is 13.3 Å². The lowest BCUT2D eigenvalue weighted by Crippen LogP contribution is -2.46. The number of hydrogen-bond donors (Lipinski definition) is 0. The van der Waals surface area contributed by atoms with Crippen molar-refractivity contribution in [1.29, 1.82) is 0 Å². The highest BCUT2D eigenvalue weighted by Gasteiger charge is 2.43.